The average molecular weight is 556 g/mol. The Morgan fingerprint density at radius 1 is 0.615 bits per heavy atom. The Morgan fingerprint density at radius 2 is 1.15 bits per heavy atom. The zero-order chi connectivity index (χ0) is 27.6. The number of benzene rings is 4. The molecule has 1 nitrogen and oxygen atoms in total. The quantitative estimate of drug-likeness (QED) is 0.198. The van der Waals surface area contributed by atoms with Crippen LogP contribution in [-0.4, -0.2) is 4.98 Å². The van der Waals surface area contributed by atoms with Crippen molar-refractivity contribution in [2.24, 2.45) is 0 Å². The highest BCUT2D eigenvalue weighted by Crippen LogP contribution is 2.49. The van der Waals surface area contributed by atoms with Crippen LogP contribution in [-0.2, 0) is 18.1 Å². The van der Waals surface area contributed by atoms with E-state index in [4.69, 9.17) is 0 Å². The van der Waals surface area contributed by atoms with E-state index in [0.717, 1.165) is 46.3 Å². The smallest absolute Gasteiger partial charge is 0.361 e. The number of halogens is 6. The number of alkyl halides is 6. The number of aromatic amines is 1. The summed E-state index contributed by atoms with van der Waals surface area (Å²) in [6, 6.07) is 27.4. The summed E-state index contributed by atoms with van der Waals surface area (Å²) < 4.78 is 80.1. The van der Waals surface area contributed by atoms with Gasteiger partial charge in [-0.15, -0.1) is 11.8 Å². The number of H-pyrrole nitrogens is 1. The van der Waals surface area contributed by atoms with Gasteiger partial charge in [-0.2, -0.15) is 26.3 Å². The molecule has 5 rings (SSSR count). The standard InChI is InChI=1S/C31H23F6NS/c32-30(33,34)23-14-10-21(11-15-23)28(26-18-38-27-9-5-4-8-25(26)27)29(39-19-20-6-2-1-3-7-20)22-12-16-24(17-13-22)31(35,36)37/h1-18,28-29,38H,19H2/t28-,29+/m1/s1. The normalized spacial score (nSPS) is 13.9. The maximum atomic E-state index is 13.4. The van der Waals surface area contributed by atoms with Gasteiger partial charge in [-0.25, -0.2) is 0 Å². The van der Waals surface area contributed by atoms with Crippen molar-refractivity contribution in [2.75, 3.05) is 0 Å². The molecule has 0 spiro atoms. The fourth-order valence-corrected chi connectivity index (χ4v) is 6.17. The number of nitrogens with one attached hydrogen (secondary N) is 1. The first-order chi connectivity index (χ1) is 18.6. The van der Waals surface area contributed by atoms with Crippen molar-refractivity contribution in [1.29, 1.82) is 0 Å². The summed E-state index contributed by atoms with van der Waals surface area (Å²) in [6.45, 7) is 0. The van der Waals surface area contributed by atoms with Gasteiger partial charge in [0.25, 0.3) is 0 Å². The van der Waals surface area contributed by atoms with Crippen molar-refractivity contribution in [2.45, 2.75) is 29.3 Å². The van der Waals surface area contributed by atoms with E-state index in [1.807, 2.05) is 60.8 Å². The van der Waals surface area contributed by atoms with Gasteiger partial charge < -0.3 is 4.98 Å². The van der Waals surface area contributed by atoms with Crippen LogP contribution in [0.1, 0.15) is 44.5 Å². The lowest BCUT2D eigenvalue weighted by atomic mass is 9.84. The molecule has 0 saturated carbocycles. The van der Waals surface area contributed by atoms with Crippen LogP contribution in [0.4, 0.5) is 26.3 Å². The van der Waals surface area contributed by atoms with E-state index in [1.54, 1.807) is 11.8 Å². The largest absolute Gasteiger partial charge is 0.416 e. The molecule has 1 N–H and O–H groups in total. The minimum Gasteiger partial charge on any atom is -0.361 e. The molecule has 4 aromatic carbocycles. The lowest BCUT2D eigenvalue weighted by molar-refractivity contribution is -0.138. The lowest BCUT2D eigenvalue weighted by Gasteiger charge is -2.29. The summed E-state index contributed by atoms with van der Waals surface area (Å²) in [5.41, 5.74) is 2.53. The molecular formula is C31H23F6NS. The van der Waals surface area contributed by atoms with Crippen molar-refractivity contribution < 1.29 is 26.3 Å². The first-order valence-electron chi connectivity index (χ1n) is 12.2. The van der Waals surface area contributed by atoms with Crippen LogP contribution >= 0.6 is 11.8 Å². The Bertz CT molecular complexity index is 1520. The van der Waals surface area contributed by atoms with Crippen LogP contribution in [0.25, 0.3) is 10.9 Å². The Morgan fingerprint density at radius 3 is 1.74 bits per heavy atom. The molecule has 0 saturated heterocycles. The van der Waals surface area contributed by atoms with E-state index >= 15 is 0 Å². The van der Waals surface area contributed by atoms with Crippen LogP contribution in [0, 0.1) is 0 Å². The van der Waals surface area contributed by atoms with Gasteiger partial charge >= 0.3 is 12.4 Å². The predicted octanol–water partition coefficient (Wildman–Crippen LogP) is 10.0. The highest BCUT2D eigenvalue weighted by molar-refractivity contribution is 7.98. The molecule has 2 atom stereocenters. The molecule has 0 unspecified atom stereocenters. The van der Waals surface area contributed by atoms with Crippen LogP contribution in [0.5, 0.6) is 0 Å². The topological polar surface area (TPSA) is 15.8 Å². The van der Waals surface area contributed by atoms with Crippen molar-refractivity contribution in [3.05, 3.63) is 143 Å². The second-order valence-corrected chi connectivity index (χ2v) is 10.4. The van der Waals surface area contributed by atoms with Crippen LogP contribution < -0.4 is 0 Å². The molecule has 1 heterocycles. The maximum absolute atomic E-state index is 13.4. The molecule has 5 aromatic rings. The third kappa shape index (κ3) is 6.01. The van der Waals surface area contributed by atoms with Crippen LogP contribution in [0.2, 0.25) is 0 Å². The molecule has 39 heavy (non-hydrogen) atoms. The van der Waals surface area contributed by atoms with E-state index < -0.39 is 34.6 Å². The SMILES string of the molecule is FC(F)(F)c1ccc([C@H](c2c[nH]c3ccccc23)[C@@H](SCc2ccccc2)c2ccc(C(F)(F)F)cc2)cc1. The predicted molar refractivity (Wildman–Crippen MR) is 144 cm³/mol. The van der Waals surface area contributed by atoms with E-state index in [9.17, 15) is 26.3 Å². The van der Waals surface area contributed by atoms with Crippen molar-refractivity contribution >= 4 is 22.7 Å². The van der Waals surface area contributed by atoms with Crippen molar-refractivity contribution in [3.63, 3.8) is 0 Å². The van der Waals surface area contributed by atoms with E-state index in [0.29, 0.717) is 16.9 Å². The molecule has 0 aliphatic heterocycles. The summed E-state index contributed by atoms with van der Waals surface area (Å²) >= 11 is 1.54. The summed E-state index contributed by atoms with van der Waals surface area (Å²) in [5, 5.41) is 0.503. The minimum absolute atomic E-state index is 0.400. The van der Waals surface area contributed by atoms with E-state index in [2.05, 4.69) is 4.98 Å². The minimum atomic E-state index is -4.48. The number of aromatic nitrogens is 1. The Labute approximate surface area is 225 Å². The Balaban J connectivity index is 1.65. The molecule has 0 aliphatic carbocycles. The van der Waals surface area contributed by atoms with Gasteiger partial charge in [0.05, 0.1) is 11.1 Å². The van der Waals surface area contributed by atoms with Gasteiger partial charge in [-0.05, 0) is 52.6 Å². The van der Waals surface area contributed by atoms with E-state index in [-0.39, 0.29) is 0 Å². The number of rotatable bonds is 7. The number of hydrogen-bond acceptors (Lipinski definition) is 1. The molecule has 1 aromatic heterocycles. The lowest BCUT2D eigenvalue weighted by Crippen LogP contribution is -2.13. The van der Waals surface area contributed by atoms with Crippen molar-refractivity contribution in [1.82, 2.24) is 4.98 Å². The Hall–Kier alpha value is -3.65. The number of hydrogen-bond donors (Lipinski definition) is 1. The van der Waals surface area contributed by atoms with Gasteiger partial charge in [0, 0.05) is 34.0 Å². The van der Waals surface area contributed by atoms with Crippen LogP contribution in [0.15, 0.2) is 109 Å². The second-order valence-electron chi connectivity index (χ2n) is 9.22. The molecule has 0 aliphatic rings. The Kier molecular flexibility index (Phi) is 7.49. The zero-order valence-electron chi connectivity index (χ0n) is 20.4. The third-order valence-corrected chi connectivity index (χ3v) is 8.10. The highest BCUT2D eigenvalue weighted by Gasteiger charge is 2.34. The van der Waals surface area contributed by atoms with Gasteiger partial charge in [-0.1, -0.05) is 72.8 Å². The third-order valence-electron chi connectivity index (χ3n) is 6.70. The first kappa shape index (κ1) is 26.9. The average Bonchev–Trinajstić information content (AvgIpc) is 3.34. The first-order valence-corrected chi connectivity index (χ1v) is 13.2. The van der Waals surface area contributed by atoms with Gasteiger partial charge in [0.15, 0.2) is 0 Å². The second kappa shape index (κ2) is 10.8. The van der Waals surface area contributed by atoms with E-state index in [1.165, 1.54) is 24.3 Å². The summed E-state index contributed by atoms with van der Waals surface area (Å²) in [6.07, 6.45) is -7.12. The summed E-state index contributed by atoms with van der Waals surface area (Å²) in [7, 11) is 0. The molecule has 0 bridgehead atoms. The zero-order valence-corrected chi connectivity index (χ0v) is 21.2. The summed E-state index contributed by atoms with van der Waals surface area (Å²) in [4.78, 5) is 3.25. The molecule has 0 amide bonds. The highest BCUT2D eigenvalue weighted by atomic mass is 32.2. The fourth-order valence-electron chi connectivity index (χ4n) is 4.76. The molecule has 8 heteroatoms. The molecular weight excluding hydrogens is 532 g/mol. The molecule has 0 radical (unpaired) electrons. The molecule has 0 fully saturated rings. The maximum Gasteiger partial charge on any atom is 0.416 e. The van der Waals surface area contributed by atoms with Gasteiger partial charge in [0.1, 0.15) is 0 Å². The van der Waals surface area contributed by atoms with Crippen molar-refractivity contribution in [3.8, 4) is 0 Å². The van der Waals surface area contributed by atoms with Crippen LogP contribution in [0.3, 0.4) is 0 Å². The number of thioether (sulfide) groups is 1. The monoisotopic (exact) mass is 555 g/mol. The molecule has 200 valence electrons. The number of fused-ring (bicyclic) bond motifs is 1. The van der Waals surface area contributed by atoms with Gasteiger partial charge in [-0.3, -0.25) is 0 Å². The number of para-hydroxylation sites is 1. The fraction of sp³-hybridized carbons (Fsp3) is 0.161. The summed E-state index contributed by atoms with van der Waals surface area (Å²) in [5.74, 6) is 0.111. The van der Waals surface area contributed by atoms with Gasteiger partial charge in [0.2, 0.25) is 0 Å².